The van der Waals surface area contributed by atoms with Crippen molar-refractivity contribution in [1.82, 2.24) is 0 Å². The predicted molar refractivity (Wildman–Crippen MR) is 162 cm³/mol. The molecule has 5 rings (SSSR count). The lowest BCUT2D eigenvalue weighted by Gasteiger charge is -2.73. The van der Waals surface area contributed by atoms with E-state index >= 15 is 0 Å². The Hall–Kier alpha value is -1.97. The molecule has 0 spiro atoms. The third-order valence-corrected chi connectivity index (χ3v) is 14.4. The van der Waals surface area contributed by atoms with Gasteiger partial charge in [0.15, 0.2) is 0 Å². The molecular weight excluding hydrogens is 564 g/mol. The van der Waals surface area contributed by atoms with E-state index in [0.29, 0.717) is 24.7 Å². The number of aliphatic hydroxyl groups excluding tert-OH is 3. The van der Waals surface area contributed by atoms with Gasteiger partial charge in [-0.3, -0.25) is 14.4 Å². The summed E-state index contributed by atoms with van der Waals surface area (Å²) in [6.45, 7) is 15.4. The normalized spacial score (nSPS) is 51.4. The Balaban J connectivity index is 1.75. The average molecular weight is 619 g/mol. The third-order valence-electron chi connectivity index (χ3n) is 14.4. The van der Waals surface area contributed by atoms with E-state index in [1.54, 1.807) is 6.92 Å². The number of hydrogen-bond donors (Lipinski definition) is 3. The first kappa shape index (κ1) is 33.4. The summed E-state index contributed by atoms with van der Waals surface area (Å²) in [6, 6.07) is 0. The summed E-state index contributed by atoms with van der Waals surface area (Å²) in [5, 5.41) is 34.7. The first-order valence-corrected chi connectivity index (χ1v) is 16.5. The Kier molecular flexibility index (Phi) is 8.20. The van der Waals surface area contributed by atoms with Gasteiger partial charge in [0.1, 0.15) is 23.7 Å². The van der Waals surface area contributed by atoms with Crippen LogP contribution in [0.3, 0.4) is 0 Å². The molecule has 0 bridgehead atoms. The number of ether oxygens (including phenoxy) is 3. The molecule has 44 heavy (non-hydrogen) atoms. The van der Waals surface area contributed by atoms with Gasteiger partial charge in [0.2, 0.25) is 0 Å². The Labute approximate surface area is 262 Å². The van der Waals surface area contributed by atoms with Gasteiger partial charge >= 0.3 is 17.9 Å². The van der Waals surface area contributed by atoms with E-state index in [1.807, 2.05) is 6.92 Å². The summed E-state index contributed by atoms with van der Waals surface area (Å²) < 4.78 is 17.1. The van der Waals surface area contributed by atoms with Crippen molar-refractivity contribution in [3.05, 3.63) is 11.6 Å². The Morgan fingerprint density at radius 3 is 2.14 bits per heavy atom. The summed E-state index contributed by atoms with van der Waals surface area (Å²) >= 11 is 0. The summed E-state index contributed by atoms with van der Waals surface area (Å²) in [5.41, 5.74) is -2.44. The zero-order chi connectivity index (χ0) is 32.8. The number of allylic oxidation sites excluding steroid dienone is 1. The van der Waals surface area contributed by atoms with Crippen LogP contribution in [0, 0.1) is 56.7 Å². The number of hydrogen-bond acceptors (Lipinski definition) is 9. The van der Waals surface area contributed by atoms with E-state index in [1.165, 1.54) is 26.5 Å². The minimum absolute atomic E-state index is 0.111. The highest BCUT2D eigenvalue weighted by atomic mass is 16.6. The van der Waals surface area contributed by atoms with E-state index in [-0.39, 0.29) is 23.4 Å². The van der Waals surface area contributed by atoms with Gasteiger partial charge in [-0.1, -0.05) is 40.2 Å². The topological polar surface area (TPSA) is 140 Å². The molecule has 0 saturated heterocycles. The van der Waals surface area contributed by atoms with Crippen LogP contribution in [0.1, 0.15) is 93.9 Å². The van der Waals surface area contributed by atoms with E-state index in [9.17, 15) is 29.7 Å². The zero-order valence-corrected chi connectivity index (χ0v) is 28.0. The predicted octanol–water partition coefficient (Wildman–Crippen LogP) is 4.20. The molecule has 0 heterocycles. The molecule has 5 aliphatic carbocycles. The number of carbonyl (C=O) groups is 3. The first-order valence-electron chi connectivity index (χ1n) is 16.5. The Morgan fingerprint density at radius 2 is 1.57 bits per heavy atom. The average Bonchev–Trinajstić information content (AvgIpc) is 2.96. The van der Waals surface area contributed by atoms with Crippen molar-refractivity contribution in [2.45, 2.75) is 118 Å². The maximum Gasteiger partial charge on any atom is 0.315 e. The molecule has 0 aromatic carbocycles. The van der Waals surface area contributed by atoms with E-state index in [2.05, 4.69) is 33.8 Å². The maximum atomic E-state index is 13.7. The standard InChI is InChI=1S/C35H54O9/c1-18-10-13-35(17-36)15-14-31(5)22(25(35)19(18)2)16-23(43-20(3)37)27-32(31,6)12-11-24-33(27,7)28(40)26(39)29(44-21(4)38)34(24,8)30(41)42-9/h16,18-19,23-29,36,39-40H,10-15,17H2,1-9H3. The van der Waals surface area contributed by atoms with Gasteiger partial charge in [-0.2, -0.15) is 0 Å². The van der Waals surface area contributed by atoms with Crippen molar-refractivity contribution in [3.8, 4) is 0 Å². The number of methoxy groups -OCH3 is 1. The summed E-state index contributed by atoms with van der Waals surface area (Å²) in [7, 11) is 1.28. The number of carbonyl (C=O) groups excluding carboxylic acids is 3. The number of fused-ring (bicyclic) bond motifs is 7. The van der Waals surface area contributed by atoms with Crippen LogP contribution < -0.4 is 0 Å². The minimum Gasteiger partial charge on any atom is -0.468 e. The molecule has 0 aromatic rings. The molecule has 3 N–H and O–H groups in total. The zero-order valence-electron chi connectivity index (χ0n) is 28.0. The highest BCUT2D eigenvalue weighted by Crippen LogP contribution is 2.76. The van der Waals surface area contributed by atoms with Crippen molar-refractivity contribution in [2.75, 3.05) is 13.7 Å². The van der Waals surface area contributed by atoms with Crippen molar-refractivity contribution in [1.29, 1.82) is 0 Å². The van der Waals surface area contributed by atoms with Gasteiger partial charge in [-0.25, -0.2) is 0 Å². The minimum atomic E-state index is -1.57. The van der Waals surface area contributed by atoms with E-state index < -0.39 is 70.4 Å². The fourth-order valence-electron chi connectivity index (χ4n) is 11.8. The molecule has 14 atom stereocenters. The lowest BCUT2D eigenvalue weighted by Crippen LogP contribution is -2.76. The van der Waals surface area contributed by atoms with Crippen LogP contribution in [0.2, 0.25) is 0 Å². The molecule has 5 aliphatic rings. The van der Waals surface area contributed by atoms with E-state index in [0.717, 1.165) is 25.7 Å². The molecule has 9 nitrogen and oxygen atoms in total. The highest BCUT2D eigenvalue weighted by molar-refractivity contribution is 5.79. The smallest absolute Gasteiger partial charge is 0.315 e. The number of aliphatic hydroxyl groups is 3. The van der Waals surface area contributed by atoms with Gasteiger partial charge in [-0.05, 0) is 86.0 Å². The fourth-order valence-corrected chi connectivity index (χ4v) is 11.8. The van der Waals surface area contributed by atoms with Gasteiger partial charge in [0.25, 0.3) is 0 Å². The van der Waals surface area contributed by atoms with Crippen molar-refractivity contribution >= 4 is 17.9 Å². The highest BCUT2D eigenvalue weighted by Gasteiger charge is 2.76. The molecule has 0 radical (unpaired) electrons. The quantitative estimate of drug-likeness (QED) is 0.240. The molecule has 0 amide bonds. The second-order valence-electron chi connectivity index (χ2n) is 16.0. The fraction of sp³-hybridized carbons (Fsp3) is 0.857. The van der Waals surface area contributed by atoms with Crippen LogP contribution >= 0.6 is 0 Å². The summed E-state index contributed by atoms with van der Waals surface area (Å²) in [4.78, 5) is 38.7. The largest absolute Gasteiger partial charge is 0.468 e. The SMILES string of the molecule is COC(=O)C1(C)C(OC(C)=O)C(O)C(O)C2(C)C1CCC1(C)C2C(OC(C)=O)C=C2C3C(C)C(C)CCC3(CO)CCC21C. The van der Waals surface area contributed by atoms with Crippen molar-refractivity contribution in [3.63, 3.8) is 0 Å². The number of rotatable bonds is 4. The maximum absolute atomic E-state index is 13.7. The van der Waals surface area contributed by atoms with Gasteiger partial charge in [0, 0.05) is 37.2 Å². The van der Waals surface area contributed by atoms with Crippen LogP contribution in [0.15, 0.2) is 11.6 Å². The molecular formula is C35H54O9. The molecule has 0 aromatic heterocycles. The second kappa shape index (κ2) is 10.8. The van der Waals surface area contributed by atoms with Crippen molar-refractivity contribution in [2.24, 2.45) is 56.7 Å². The van der Waals surface area contributed by atoms with E-state index in [4.69, 9.17) is 14.2 Å². The molecule has 14 unspecified atom stereocenters. The Morgan fingerprint density at radius 1 is 0.932 bits per heavy atom. The van der Waals surface area contributed by atoms with Crippen LogP contribution in [0.5, 0.6) is 0 Å². The van der Waals surface area contributed by atoms with Crippen LogP contribution in [0.25, 0.3) is 0 Å². The van der Waals surface area contributed by atoms with Crippen LogP contribution in [-0.2, 0) is 28.6 Å². The molecule has 4 saturated carbocycles. The first-order chi connectivity index (χ1) is 20.4. The van der Waals surface area contributed by atoms with Crippen LogP contribution in [0.4, 0.5) is 0 Å². The number of esters is 3. The van der Waals surface area contributed by atoms with Crippen molar-refractivity contribution < 1.29 is 43.9 Å². The van der Waals surface area contributed by atoms with Crippen LogP contribution in [-0.4, -0.2) is 71.4 Å². The van der Waals surface area contributed by atoms with Gasteiger partial charge in [0.05, 0.1) is 13.2 Å². The second-order valence-corrected chi connectivity index (χ2v) is 16.0. The lowest BCUT2D eigenvalue weighted by atomic mass is 9.32. The monoisotopic (exact) mass is 618 g/mol. The molecule has 248 valence electrons. The Bertz CT molecular complexity index is 1230. The summed E-state index contributed by atoms with van der Waals surface area (Å²) in [6.07, 6.45) is 2.01. The third kappa shape index (κ3) is 4.16. The molecule has 0 aliphatic heterocycles. The lowest BCUT2D eigenvalue weighted by molar-refractivity contribution is -0.295. The van der Waals surface area contributed by atoms with Gasteiger partial charge in [-0.15, -0.1) is 0 Å². The molecule has 9 heteroatoms. The molecule has 4 fully saturated rings. The summed E-state index contributed by atoms with van der Waals surface area (Å²) in [5.74, 6) is -1.85. The van der Waals surface area contributed by atoms with Gasteiger partial charge < -0.3 is 29.5 Å².